The van der Waals surface area contributed by atoms with Gasteiger partial charge < -0.3 is 0 Å². The second kappa shape index (κ2) is 4.22. The van der Waals surface area contributed by atoms with Gasteiger partial charge in [-0.05, 0) is 0 Å². The Balaban J connectivity index is 2.44. The van der Waals surface area contributed by atoms with Gasteiger partial charge in [-0.15, -0.1) is 0 Å². The second-order valence-electron chi connectivity index (χ2n) is 2.61. The summed E-state index contributed by atoms with van der Waals surface area (Å²) in [6, 6.07) is 0. The molecule has 0 aromatic rings. The minimum absolute atomic E-state index is 0.858. The summed E-state index contributed by atoms with van der Waals surface area (Å²) in [6.07, 6.45) is 5.36. The van der Waals surface area contributed by atoms with Crippen molar-refractivity contribution in [2.45, 2.75) is 33.0 Å². The molecule has 0 aliphatic carbocycles. The first-order chi connectivity index (χ1) is 5.36. The average molecular weight is 148 g/mol. The SMILES string of the molecule is CB=C1N=CC(CCCC)=N1. The van der Waals surface area contributed by atoms with Crippen molar-refractivity contribution in [2.24, 2.45) is 9.98 Å². The van der Waals surface area contributed by atoms with Gasteiger partial charge >= 0.3 is 67.6 Å². The van der Waals surface area contributed by atoms with E-state index in [1.54, 1.807) is 0 Å². The van der Waals surface area contributed by atoms with Crippen LogP contribution in [0.4, 0.5) is 0 Å². The Hall–Kier alpha value is -0.725. The second-order valence-corrected chi connectivity index (χ2v) is 2.61. The Morgan fingerprint density at radius 1 is 1.55 bits per heavy atom. The molecular weight excluding hydrogens is 135 g/mol. The number of nitrogens with zero attached hydrogens (tertiary/aromatic N) is 2. The third kappa shape index (κ3) is 2.41. The Labute approximate surface area is 68.4 Å². The molecule has 2 nitrogen and oxygen atoms in total. The molecule has 1 heterocycles. The van der Waals surface area contributed by atoms with Crippen LogP contribution in [-0.4, -0.2) is 24.6 Å². The summed E-state index contributed by atoms with van der Waals surface area (Å²) in [5.74, 6) is 0. The summed E-state index contributed by atoms with van der Waals surface area (Å²) in [6.45, 7) is 6.07. The van der Waals surface area contributed by atoms with Crippen LogP contribution in [0.15, 0.2) is 9.98 Å². The molecule has 0 saturated carbocycles. The fourth-order valence-electron chi connectivity index (χ4n) is 0.963. The van der Waals surface area contributed by atoms with Gasteiger partial charge in [-0.25, -0.2) is 0 Å². The van der Waals surface area contributed by atoms with Crippen molar-refractivity contribution in [3.05, 3.63) is 0 Å². The summed E-state index contributed by atoms with van der Waals surface area (Å²) in [5.41, 5.74) is 1.98. The summed E-state index contributed by atoms with van der Waals surface area (Å²) < 4.78 is 0. The number of aliphatic imine (C=N–C) groups is 2. The molecule has 1 aliphatic heterocycles. The van der Waals surface area contributed by atoms with Crippen LogP contribution >= 0.6 is 0 Å². The van der Waals surface area contributed by atoms with Gasteiger partial charge in [0.2, 0.25) is 0 Å². The molecule has 0 N–H and O–H groups in total. The molecule has 0 atom stereocenters. The van der Waals surface area contributed by atoms with Crippen molar-refractivity contribution in [1.29, 1.82) is 0 Å². The normalized spacial score (nSPS) is 18.7. The summed E-state index contributed by atoms with van der Waals surface area (Å²) in [7, 11) is 0. The van der Waals surface area contributed by atoms with E-state index in [2.05, 4.69) is 16.9 Å². The van der Waals surface area contributed by atoms with Crippen molar-refractivity contribution in [2.75, 3.05) is 0 Å². The Bertz CT molecular complexity index is 216. The van der Waals surface area contributed by atoms with Gasteiger partial charge in [0.05, 0.1) is 0 Å². The first-order valence-corrected chi connectivity index (χ1v) is 4.14. The van der Waals surface area contributed by atoms with Crippen LogP contribution < -0.4 is 0 Å². The van der Waals surface area contributed by atoms with E-state index in [1.807, 2.05) is 20.0 Å². The van der Waals surface area contributed by atoms with Crippen molar-refractivity contribution in [3.8, 4) is 0 Å². The van der Waals surface area contributed by atoms with E-state index in [0.717, 1.165) is 17.8 Å². The molecule has 0 aromatic carbocycles. The molecule has 0 radical (unpaired) electrons. The molecule has 0 bridgehead atoms. The monoisotopic (exact) mass is 148 g/mol. The van der Waals surface area contributed by atoms with Crippen molar-refractivity contribution < 1.29 is 0 Å². The fourth-order valence-corrected chi connectivity index (χ4v) is 0.963. The van der Waals surface area contributed by atoms with Crippen molar-refractivity contribution in [3.63, 3.8) is 0 Å². The first kappa shape index (κ1) is 8.37. The van der Waals surface area contributed by atoms with E-state index in [-0.39, 0.29) is 0 Å². The molecule has 1 aliphatic rings. The predicted molar refractivity (Wildman–Crippen MR) is 52.1 cm³/mol. The van der Waals surface area contributed by atoms with Crippen LogP contribution in [0.1, 0.15) is 26.2 Å². The van der Waals surface area contributed by atoms with Crippen LogP contribution in [0.5, 0.6) is 0 Å². The molecule has 0 amide bonds. The van der Waals surface area contributed by atoms with Gasteiger partial charge in [-0.1, -0.05) is 0 Å². The molecule has 11 heavy (non-hydrogen) atoms. The van der Waals surface area contributed by atoms with Gasteiger partial charge in [-0.2, -0.15) is 0 Å². The van der Waals surface area contributed by atoms with Crippen LogP contribution in [0, 0.1) is 0 Å². The Kier molecular flexibility index (Phi) is 3.21. The quantitative estimate of drug-likeness (QED) is 0.542. The van der Waals surface area contributed by atoms with Gasteiger partial charge in [0.25, 0.3) is 0 Å². The van der Waals surface area contributed by atoms with Gasteiger partial charge in [0, 0.05) is 0 Å². The van der Waals surface area contributed by atoms with Crippen LogP contribution in [0.25, 0.3) is 0 Å². The Morgan fingerprint density at radius 2 is 2.36 bits per heavy atom. The molecular formula is C8H13BN2. The molecule has 0 unspecified atom stereocenters. The standard InChI is InChI=1S/C8H13BN2/c1-3-4-5-7-6-10-8(9-2)11-7/h6H,3-5H2,1-2H3. The van der Waals surface area contributed by atoms with Gasteiger partial charge in [0.15, 0.2) is 0 Å². The van der Waals surface area contributed by atoms with Crippen molar-refractivity contribution >= 4 is 24.6 Å². The van der Waals surface area contributed by atoms with E-state index >= 15 is 0 Å². The average Bonchev–Trinajstić information content (AvgIpc) is 2.48. The zero-order valence-electron chi connectivity index (χ0n) is 7.17. The molecule has 0 spiro atoms. The first-order valence-electron chi connectivity index (χ1n) is 4.14. The summed E-state index contributed by atoms with van der Waals surface area (Å²) in [5, 5.41) is 0. The molecule has 3 heteroatoms. The maximum atomic E-state index is 4.30. The third-order valence-corrected chi connectivity index (χ3v) is 1.65. The number of hydrogen-bond acceptors (Lipinski definition) is 2. The van der Waals surface area contributed by atoms with E-state index in [4.69, 9.17) is 0 Å². The van der Waals surface area contributed by atoms with Crippen LogP contribution in [-0.2, 0) is 0 Å². The van der Waals surface area contributed by atoms with E-state index in [0.29, 0.717) is 0 Å². The van der Waals surface area contributed by atoms with Crippen LogP contribution in [0.3, 0.4) is 0 Å². The Morgan fingerprint density at radius 3 is 2.91 bits per heavy atom. The van der Waals surface area contributed by atoms with Gasteiger partial charge in [-0.3, -0.25) is 0 Å². The van der Waals surface area contributed by atoms with Crippen LogP contribution in [0.2, 0.25) is 6.82 Å². The molecule has 0 saturated heterocycles. The topological polar surface area (TPSA) is 24.7 Å². The summed E-state index contributed by atoms with van der Waals surface area (Å²) >= 11 is 0. The van der Waals surface area contributed by atoms with E-state index < -0.39 is 0 Å². The fraction of sp³-hybridized carbons (Fsp3) is 0.625. The maximum absolute atomic E-state index is 4.30. The molecule has 0 aromatic heterocycles. The number of rotatable bonds is 3. The van der Waals surface area contributed by atoms with Crippen molar-refractivity contribution in [1.82, 2.24) is 0 Å². The minimum atomic E-state index is 0.858. The predicted octanol–water partition coefficient (Wildman–Crippen LogP) is 1.54. The molecule has 0 fully saturated rings. The molecule has 58 valence electrons. The summed E-state index contributed by atoms with van der Waals surface area (Å²) in [4.78, 5) is 8.42. The third-order valence-electron chi connectivity index (χ3n) is 1.65. The number of unbranched alkanes of at least 4 members (excludes halogenated alkanes) is 1. The van der Waals surface area contributed by atoms with Gasteiger partial charge in [0.1, 0.15) is 0 Å². The zero-order valence-corrected chi connectivity index (χ0v) is 7.17. The zero-order chi connectivity index (χ0) is 8.10. The number of hydrogen-bond donors (Lipinski definition) is 0. The molecule has 1 rings (SSSR count). The van der Waals surface area contributed by atoms with E-state index in [9.17, 15) is 0 Å². The van der Waals surface area contributed by atoms with E-state index in [1.165, 1.54) is 12.8 Å².